The molecule has 0 spiro atoms. The normalized spacial score (nSPS) is 27.4. The molecule has 2 saturated heterocycles. The SMILES string of the molecule is CC1CCCN(C(=O)N2CCN(C(C)CN)CC2)C1. The second-order valence-corrected chi connectivity index (χ2v) is 6.08. The van der Waals surface area contributed by atoms with Crippen LogP contribution in [-0.2, 0) is 0 Å². The highest BCUT2D eigenvalue weighted by Gasteiger charge is 2.28. The summed E-state index contributed by atoms with van der Waals surface area (Å²) in [6.07, 6.45) is 2.41. The number of piperidine rings is 1. The predicted molar refractivity (Wildman–Crippen MR) is 77.0 cm³/mol. The summed E-state index contributed by atoms with van der Waals surface area (Å²) in [6, 6.07) is 0.666. The molecular formula is C14H28N4O. The number of rotatable bonds is 2. The van der Waals surface area contributed by atoms with Gasteiger partial charge in [0.25, 0.3) is 0 Å². The van der Waals surface area contributed by atoms with E-state index in [2.05, 4.69) is 18.7 Å². The summed E-state index contributed by atoms with van der Waals surface area (Å²) >= 11 is 0. The zero-order valence-corrected chi connectivity index (χ0v) is 12.3. The number of carbonyl (C=O) groups excluding carboxylic acids is 1. The summed E-state index contributed by atoms with van der Waals surface area (Å²) in [5.41, 5.74) is 5.70. The minimum absolute atomic E-state index is 0.242. The Balaban J connectivity index is 1.82. The average molecular weight is 268 g/mol. The van der Waals surface area contributed by atoms with Crippen molar-refractivity contribution in [3.8, 4) is 0 Å². The fraction of sp³-hybridized carbons (Fsp3) is 0.929. The molecule has 5 nitrogen and oxygen atoms in total. The molecule has 19 heavy (non-hydrogen) atoms. The number of nitrogens with two attached hydrogens (primary N) is 1. The highest BCUT2D eigenvalue weighted by atomic mass is 16.2. The zero-order valence-electron chi connectivity index (χ0n) is 12.3. The van der Waals surface area contributed by atoms with Crippen molar-refractivity contribution in [3.05, 3.63) is 0 Å². The van der Waals surface area contributed by atoms with Crippen LogP contribution >= 0.6 is 0 Å². The molecule has 2 N–H and O–H groups in total. The van der Waals surface area contributed by atoms with Gasteiger partial charge in [0, 0.05) is 51.9 Å². The largest absolute Gasteiger partial charge is 0.329 e. The third-order valence-corrected chi connectivity index (χ3v) is 4.48. The van der Waals surface area contributed by atoms with Gasteiger partial charge in [-0.1, -0.05) is 6.92 Å². The summed E-state index contributed by atoms with van der Waals surface area (Å²) in [5, 5.41) is 0. The lowest BCUT2D eigenvalue weighted by Crippen LogP contribution is -2.56. The Labute approximate surface area is 116 Å². The fourth-order valence-corrected chi connectivity index (χ4v) is 3.07. The van der Waals surface area contributed by atoms with E-state index < -0.39 is 0 Å². The molecule has 2 fully saturated rings. The van der Waals surface area contributed by atoms with Crippen molar-refractivity contribution in [2.24, 2.45) is 11.7 Å². The molecule has 0 bridgehead atoms. The zero-order chi connectivity index (χ0) is 13.8. The first kappa shape index (κ1) is 14.6. The molecule has 110 valence electrons. The Morgan fingerprint density at radius 3 is 2.47 bits per heavy atom. The minimum Gasteiger partial charge on any atom is -0.329 e. The Morgan fingerprint density at radius 1 is 1.21 bits per heavy atom. The van der Waals surface area contributed by atoms with Crippen LogP contribution in [0.4, 0.5) is 4.79 Å². The molecule has 0 aromatic heterocycles. The van der Waals surface area contributed by atoms with Crippen molar-refractivity contribution in [3.63, 3.8) is 0 Å². The average Bonchev–Trinajstić information content (AvgIpc) is 2.46. The minimum atomic E-state index is 0.242. The number of piperazine rings is 1. The van der Waals surface area contributed by atoms with Gasteiger partial charge in [0.05, 0.1) is 0 Å². The third kappa shape index (κ3) is 3.60. The van der Waals surface area contributed by atoms with Gasteiger partial charge >= 0.3 is 6.03 Å². The maximum absolute atomic E-state index is 12.5. The highest BCUT2D eigenvalue weighted by molar-refractivity contribution is 5.74. The van der Waals surface area contributed by atoms with E-state index in [1.807, 2.05) is 9.80 Å². The lowest BCUT2D eigenvalue weighted by atomic mass is 10.0. The van der Waals surface area contributed by atoms with Gasteiger partial charge in [0.15, 0.2) is 0 Å². The van der Waals surface area contributed by atoms with Crippen molar-refractivity contribution in [2.45, 2.75) is 32.7 Å². The van der Waals surface area contributed by atoms with E-state index in [1.165, 1.54) is 6.42 Å². The molecule has 0 aromatic carbocycles. The Bertz CT molecular complexity index is 302. The van der Waals surface area contributed by atoms with Crippen molar-refractivity contribution in [1.82, 2.24) is 14.7 Å². The maximum atomic E-state index is 12.5. The quantitative estimate of drug-likeness (QED) is 0.806. The molecular weight excluding hydrogens is 240 g/mol. The van der Waals surface area contributed by atoms with E-state index in [0.29, 0.717) is 18.5 Å². The molecule has 0 saturated carbocycles. The first-order chi connectivity index (χ1) is 9.11. The summed E-state index contributed by atoms with van der Waals surface area (Å²) in [4.78, 5) is 18.9. The van der Waals surface area contributed by atoms with E-state index >= 15 is 0 Å². The van der Waals surface area contributed by atoms with Crippen LogP contribution in [0.25, 0.3) is 0 Å². The van der Waals surface area contributed by atoms with Crippen molar-refractivity contribution >= 4 is 6.03 Å². The molecule has 0 aliphatic carbocycles. The fourth-order valence-electron chi connectivity index (χ4n) is 3.07. The predicted octanol–water partition coefficient (Wildman–Crippen LogP) is 0.803. The third-order valence-electron chi connectivity index (χ3n) is 4.48. The van der Waals surface area contributed by atoms with Crippen LogP contribution in [0.1, 0.15) is 26.7 Å². The lowest BCUT2D eigenvalue weighted by Gasteiger charge is -2.41. The number of likely N-dealkylation sites (tertiary alicyclic amines) is 1. The Morgan fingerprint density at radius 2 is 1.89 bits per heavy atom. The number of hydrogen-bond acceptors (Lipinski definition) is 3. The summed E-state index contributed by atoms with van der Waals surface area (Å²) < 4.78 is 0. The Hall–Kier alpha value is -0.810. The standard InChI is InChI=1S/C14H28N4O/c1-12-4-3-5-18(11-12)14(19)17-8-6-16(7-9-17)13(2)10-15/h12-13H,3-11,15H2,1-2H3. The molecule has 2 atom stereocenters. The monoisotopic (exact) mass is 268 g/mol. The molecule has 2 amide bonds. The van der Waals surface area contributed by atoms with Gasteiger partial charge in [-0.2, -0.15) is 0 Å². The molecule has 2 rings (SSSR count). The molecule has 0 aromatic rings. The maximum Gasteiger partial charge on any atom is 0.320 e. The number of amides is 2. The number of hydrogen-bond donors (Lipinski definition) is 1. The van der Waals surface area contributed by atoms with E-state index in [9.17, 15) is 4.79 Å². The van der Waals surface area contributed by atoms with Crippen LogP contribution in [0.15, 0.2) is 0 Å². The van der Waals surface area contributed by atoms with Gasteiger partial charge in [0.2, 0.25) is 0 Å². The second kappa shape index (κ2) is 6.57. The molecule has 2 aliphatic rings. The number of urea groups is 1. The van der Waals surface area contributed by atoms with Crippen LogP contribution in [0, 0.1) is 5.92 Å². The lowest BCUT2D eigenvalue weighted by molar-refractivity contribution is 0.0876. The van der Waals surface area contributed by atoms with Crippen LogP contribution in [0.2, 0.25) is 0 Å². The topological polar surface area (TPSA) is 52.8 Å². The van der Waals surface area contributed by atoms with Crippen LogP contribution in [0.5, 0.6) is 0 Å². The second-order valence-electron chi connectivity index (χ2n) is 6.08. The number of nitrogens with zero attached hydrogens (tertiary/aromatic N) is 3. The summed E-state index contributed by atoms with van der Waals surface area (Å²) in [5.74, 6) is 0.649. The van der Waals surface area contributed by atoms with Crippen LogP contribution < -0.4 is 5.73 Å². The van der Waals surface area contributed by atoms with Crippen LogP contribution in [0.3, 0.4) is 0 Å². The van der Waals surface area contributed by atoms with Crippen molar-refractivity contribution in [2.75, 3.05) is 45.8 Å². The van der Waals surface area contributed by atoms with E-state index in [4.69, 9.17) is 5.73 Å². The van der Waals surface area contributed by atoms with E-state index in [0.717, 1.165) is 45.7 Å². The molecule has 2 heterocycles. The van der Waals surface area contributed by atoms with Gasteiger partial charge in [-0.25, -0.2) is 4.79 Å². The van der Waals surface area contributed by atoms with Gasteiger partial charge in [0.1, 0.15) is 0 Å². The molecule has 2 aliphatic heterocycles. The first-order valence-electron chi connectivity index (χ1n) is 7.59. The number of carbonyl (C=O) groups is 1. The van der Waals surface area contributed by atoms with Gasteiger partial charge in [-0.3, -0.25) is 4.90 Å². The Kier molecular flexibility index (Phi) is 5.05. The van der Waals surface area contributed by atoms with Gasteiger partial charge in [-0.05, 0) is 25.7 Å². The molecule has 5 heteroatoms. The van der Waals surface area contributed by atoms with Gasteiger partial charge in [-0.15, -0.1) is 0 Å². The van der Waals surface area contributed by atoms with Crippen molar-refractivity contribution < 1.29 is 4.79 Å². The highest BCUT2D eigenvalue weighted by Crippen LogP contribution is 2.17. The molecule has 0 radical (unpaired) electrons. The van der Waals surface area contributed by atoms with Crippen LogP contribution in [-0.4, -0.2) is 72.6 Å². The van der Waals surface area contributed by atoms with E-state index in [-0.39, 0.29) is 6.03 Å². The van der Waals surface area contributed by atoms with Crippen molar-refractivity contribution in [1.29, 1.82) is 0 Å². The van der Waals surface area contributed by atoms with Gasteiger partial charge < -0.3 is 15.5 Å². The van der Waals surface area contributed by atoms with E-state index in [1.54, 1.807) is 0 Å². The smallest absolute Gasteiger partial charge is 0.320 e. The summed E-state index contributed by atoms with van der Waals surface area (Å²) in [7, 11) is 0. The summed E-state index contributed by atoms with van der Waals surface area (Å²) in [6.45, 7) is 10.5. The molecule has 2 unspecified atom stereocenters. The first-order valence-corrected chi connectivity index (χ1v) is 7.59.